The van der Waals surface area contributed by atoms with Gasteiger partial charge in [-0.25, -0.2) is 0 Å². The summed E-state index contributed by atoms with van der Waals surface area (Å²) in [5.74, 6) is -0.828. The highest BCUT2D eigenvalue weighted by molar-refractivity contribution is 9.10. The van der Waals surface area contributed by atoms with E-state index in [0.717, 1.165) is 32.9 Å². The lowest BCUT2D eigenvalue weighted by Gasteiger charge is -2.32. The van der Waals surface area contributed by atoms with E-state index in [2.05, 4.69) is 82.1 Å². The number of benzene rings is 2. The Labute approximate surface area is 218 Å². The molecule has 0 saturated heterocycles. The van der Waals surface area contributed by atoms with Crippen LogP contribution in [0.5, 0.6) is 0 Å². The minimum absolute atomic E-state index is 0.709. The maximum absolute atomic E-state index is 6.74. The number of halogens is 2. The van der Waals surface area contributed by atoms with E-state index in [1.165, 1.54) is 75.3 Å². The molecule has 0 atom stereocenters. The molecular weight excluding hydrogens is 540 g/mol. The van der Waals surface area contributed by atoms with Gasteiger partial charge in [-0.05, 0) is 48.2 Å². The Morgan fingerprint density at radius 3 is 1.39 bits per heavy atom. The van der Waals surface area contributed by atoms with Gasteiger partial charge < -0.3 is 9.47 Å². The smallest absolute Gasteiger partial charge is 0.223 e. The zero-order valence-corrected chi connectivity index (χ0v) is 23.6. The molecule has 0 unspecified atom stereocenters. The van der Waals surface area contributed by atoms with Gasteiger partial charge in [0.25, 0.3) is 0 Å². The molecule has 0 amide bonds. The molecule has 0 aromatic heterocycles. The summed E-state index contributed by atoms with van der Waals surface area (Å²) < 4.78 is 15.6. The Bertz CT molecular complexity index is 793. The highest BCUT2D eigenvalue weighted by Crippen LogP contribution is 2.52. The topological polar surface area (TPSA) is 18.5 Å². The third kappa shape index (κ3) is 7.16. The summed E-state index contributed by atoms with van der Waals surface area (Å²) in [4.78, 5) is 0. The molecule has 0 heterocycles. The van der Waals surface area contributed by atoms with Crippen LogP contribution in [0.25, 0.3) is 11.1 Å². The van der Waals surface area contributed by atoms with Crippen molar-refractivity contribution in [3.05, 3.63) is 56.5 Å². The summed E-state index contributed by atoms with van der Waals surface area (Å²) >= 11 is 7.38. The fraction of sp³-hybridized carbons (Fsp3) is 0.586. The third-order valence-electron chi connectivity index (χ3n) is 6.57. The van der Waals surface area contributed by atoms with Gasteiger partial charge in [0.15, 0.2) is 0 Å². The minimum Gasteiger partial charge on any atom is -0.342 e. The fourth-order valence-electron chi connectivity index (χ4n) is 4.74. The average molecular weight is 580 g/mol. The first-order valence-corrected chi connectivity index (χ1v) is 14.6. The molecule has 0 saturated carbocycles. The molecular formula is C29H40Br2O2. The number of rotatable bonds is 16. The minimum atomic E-state index is -0.828. The summed E-state index contributed by atoms with van der Waals surface area (Å²) in [7, 11) is 0. The number of fused-ring (bicyclic) bond motifs is 3. The van der Waals surface area contributed by atoms with Gasteiger partial charge in [0.2, 0.25) is 5.79 Å². The fourth-order valence-corrected chi connectivity index (χ4v) is 5.46. The Morgan fingerprint density at radius 1 is 0.576 bits per heavy atom. The SMILES string of the molecule is CCCCCCCCOC1(OCCCCCCCC)c2cc(Br)ccc2-c2ccc(Br)cc21. The maximum Gasteiger partial charge on any atom is 0.223 e. The van der Waals surface area contributed by atoms with Crippen molar-refractivity contribution in [1.82, 2.24) is 0 Å². The standard InChI is InChI=1S/C29H40Br2O2/c1-3-5-7-9-11-13-19-32-29(33-20-14-12-10-8-6-4-2)27-21-23(30)15-17-25(27)26-18-16-24(31)22-28(26)29/h15-18,21-22H,3-14,19-20H2,1-2H3. The van der Waals surface area contributed by atoms with Crippen LogP contribution in [0.4, 0.5) is 0 Å². The molecule has 33 heavy (non-hydrogen) atoms. The molecule has 0 spiro atoms. The van der Waals surface area contributed by atoms with E-state index in [1.807, 2.05) is 0 Å². The summed E-state index contributed by atoms with van der Waals surface area (Å²) in [5.41, 5.74) is 4.68. The van der Waals surface area contributed by atoms with Crippen molar-refractivity contribution >= 4 is 31.9 Å². The first kappa shape index (κ1) is 26.9. The van der Waals surface area contributed by atoms with Crippen molar-refractivity contribution in [2.45, 2.75) is 96.7 Å². The normalized spacial score (nSPS) is 13.8. The van der Waals surface area contributed by atoms with Crippen molar-refractivity contribution in [3.8, 4) is 11.1 Å². The molecule has 0 N–H and O–H groups in total. The molecule has 0 aliphatic heterocycles. The van der Waals surface area contributed by atoms with Crippen LogP contribution in [0.1, 0.15) is 102 Å². The second kappa shape index (κ2) is 14.0. The van der Waals surface area contributed by atoms with Gasteiger partial charge >= 0.3 is 0 Å². The van der Waals surface area contributed by atoms with Gasteiger partial charge in [0.1, 0.15) is 0 Å². The molecule has 2 nitrogen and oxygen atoms in total. The predicted molar refractivity (Wildman–Crippen MR) is 147 cm³/mol. The third-order valence-corrected chi connectivity index (χ3v) is 7.56. The molecule has 1 aliphatic carbocycles. The largest absolute Gasteiger partial charge is 0.342 e. The Morgan fingerprint density at radius 2 is 0.970 bits per heavy atom. The number of ether oxygens (including phenoxy) is 2. The van der Waals surface area contributed by atoms with Crippen molar-refractivity contribution < 1.29 is 9.47 Å². The Kier molecular flexibility index (Phi) is 11.4. The lowest BCUT2D eigenvalue weighted by molar-refractivity contribution is -0.216. The molecule has 0 radical (unpaired) electrons. The Hall–Kier alpha value is -0.680. The molecule has 0 bridgehead atoms. The number of unbranched alkanes of at least 4 members (excludes halogenated alkanes) is 10. The second-order valence-electron chi connectivity index (χ2n) is 9.23. The highest BCUT2D eigenvalue weighted by atomic mass is 79.9. The number of hydrogen-bond acceptors (Lipinski definition) is 2. The van der Waals surface area contributed by atoms with E-state index in [9.17, 15) is 0 Å². The molecule has 1 aliphatic rings. The lowest BCUT2D eigenvalue weighted by Crippen LogP contribution is -2.33. The van der Waals surface area contributed by atoms with Crippen LogP contribution in [-0.2, 0) is 15.3 Å². The molecule has 0 fully saturated rings. The van der Waals surface area contributed by atoms with Gasteiger partial charge in [-0.2, -0.15) is 0 Å². The van der Waals surface area contributed by atoms with Crippen LogP contribution in [-0.4, -0.2) is 13.2 Å². The van der Waals surface area contributed by atoms with Crippen molar-refractivity contribution in [1.29, 1.82) is 0 Å². The molecule has 4 heteroatoms. The molecule has 2 aromatic rings. The second-order valence-corrected chi connectivity index (χ2v) is 11.1. The average Bonchev–Trinajstić information content (AvgIpc) is 3.06. The molecule has 182 valence electrons. The van der Waals surface area contributed by atoms with Crippen LogP contribution >= 0.6 is 31.9 Å². The van der Waals surface area contributed by atoms with Gasteiger partial charge in [-0.1, -0.05) is 122 Å². The molecule has 2 aromatic carbocycles. The molecule has 3 rings (SSSR count). The maximum atomic E-state index is 6.74. The van der Waals surface area contributed by atoms with Crippen molar-refractivity contribution in [2.24, 2.45) is 0 Å². The summed E-state index contributed by atoms with van der Waals surface area (Å²) in [6.45, 7) is 5.94. The van der Waals surface area contributed by atoms with E-state index in [4.69, 9.17) is 9.47 Å². The lowest BCUT2D eigenvalue weighted by atomic mass is 10.0. The summed E-state index contributed by atoms with van der Waals surface area (Å²) in [5, 5.41) is 0. The van der Waals surface area contributed by atoms with Crippen LogP contribution < -0.4 is 0 Å². The van der Waals surface area contributed by atoms with Crippen molar-refractivity contribution in [3.63, 3.8) is 0 Å². The van der Waals surface area contributed by atoms with E-state index in [-0.39, 0.29) is 0 Å². The quantitative estimate of drug-likeness (QED) is 0.145. The van der Waals surface area contributed by atoms with Gasteiger partial charge in [0.05, 0.1) is 13.2 Å². The summed E-state index contributed by atoms with van der Waals surface area (Å²) in [6.07, 6.45) is 15.0. The first-order chi connectivity index (χ1) is 16.1. The predicted octanol–water partition coefficient (Wildman–Crippen LogP) is 10.1. The monoisotopic (exact) mass is 578 g/mol. The van der Waals surface area contributed by atoms with E-state index < -0.39 is 5.79 Å². The van der Waals surface area contributed by atoms with E-state index in [1.54, 1.807) is 0 Å². The highest BCUT2D eigenvalue weighted by Gasteiger charge is 2.46. The van der Waals surface area contributed by atoms with E-state index in [0.29, 0.717) is 13.2 Å². The van der Waals surface area contributed by atoms with Gasteiger partial charge in [-0.15, -0.1) is 0 Å². The van der Waals surface area contributed by atoms with Crippen LogP contribution in [0.3, 0.4) is 0 Å². The van der Waals surface area contributed by atoms with Gasteiger partial charge in [0, 0.05) is 20.1 Å². The van der Waals surface area contributed by atoms with Crippen molar-refractivity contribution in [2.75, 3.05) is 13.2 Å². The zero-order valence-electron chi connectivity index (χ0n) is 20.4. The van der Waals surface area contributed by atoms with Crippen LogP contribution in [0.2, 0.25) is 0 Å². The summed E-state index contributed by atoms with van der Waals surface area (Å²) in [6, 6.07) is 13.0. The van der Waals surface area contributed by atoms with E-state index >= 15 is 0 Å². The van der Waals surface area contributed by atoms with Crippen LogP contribution in [0.15, 0.2) is 45.3 Å². The zero-order chi connectivity index (χ0) is 23.5. The van der Waals surface area contributed by atoms with Crippen LogP contribution in [0, 0.1) is 0 Å². The Balaban J connectivity index is 1.77. The van der Waals surface area contributed by atoms with Gasteiger partial charge in [-0.3, -0.25) is 0 Å². The number of hydrogen-bond donors (Lipinski definition) is 0. The first-order valence-electron chi connectivity index (χ1n) is 13.0.